The monoisotopic (exact) mass is 755 g/mol. The van der Waals surface area contributed by atoms with Crippen LogP contribution in [0.3, 0.4) is 0 Å². The van der Waals surface area contributed by atoms with Crippen LogP contribution in [0.5, 0.6) is 5.75 Å². The summed E-state index contributed by atoms with van der Waals surface area (Å²) >= 11 is 0. The molecule has 2 saturated carbocycles. The molecule has 4 heterocycles. The average Bonchev–Trinajstić information content (AvgIpc) is 3.88. The maximum atomic E-state index is 14.7. The molecule has 4 aromatic rings. The fraction of sp³-hybridized carbons (Fsp3) is 0.500. The van der Waals surface area contributed by atoms with Crippen molar-refractivity contribution in [2.24, 2.45) is 0 Å². The number of methoxy groups -OCH3 is 1. The first-order valence-electron chi connectivity index (χ1n) is 19.6. The molecule has 2 aromatic carbocycles. The largest absolute Gasteiger partial charge is 0.497 e. The lowest BCUT2D eigenvalue weighted by Crippen LogP contribution is -2.49. The van der Waals surface area contributed by atoms with Gasteiger partial charge in [-0.3, -0.25) is 9.59 Å². The summed E-state index contributed by atoms with van der Waals surface area (Å²) in [6.45, 7) is 8.65. The van der Waals surface area contributed by atoms with Crippen molar-refractivity contribution in [3.8, 4) is 17.0 Å². The summed E-state index contributed by atoms with van der Waals surface area (Å²) in [7, 11) is -2.17. The van der Waals surface area contributed by atoms with Crippen LogP contribution in [0.4, 0.5) is 0 Å². The van der Waals surface area contributed by atoms with Crippen molar-refractivity contribution in [3.63, 3.8) is 0 Å². The number of nitrogens with one attached hydrogen (secondary N) is 1. The molecule has 1 N–H and O–H groups in total. The van der Waals surface area contributed by atoms with E-state index in [4.69, 9.17) is 14.5 Å². The number of morpholine rings is 1. The van der Waals surface area contributed by atoms with Crippen LogP contribution in [-0.2, 0) is 21.3 Å². The lowest BCUT2D eigenvalue weighted by atomic mass is 9.81. The van der Waals surface area contributed by atoms with Crippen molar-refractivity contribution in [2.45, 2.75) is 115 Å². The maximum absolute atomic E-state index is 14.7. The Morgan fingerprint density at radius 3 is 2.54 bits per heavy atom. The molecule has 0 radical (unpaired) electrons. The van der Waals surface area contributed by atoms with Crippen LogP contribution < -0.4 is 9.46 Å². The van der Waals surface area contributed by atoms with Gasteiger partial charge < -0.3 is 23.5 Å². The van der Waals surface area contributed by atoms with Crippen LogP contribution in [0.1, 0.15) is 130 Å². The number of fused-ring (bicyclic) bond motifs is 5. The van der Waals surface area contributed by atoms with Gasteiger partial charge in [-0.2, -0.15) is 0 Å². The zero-order valence-electron chi connectivity index (χ0n) is 31.9. The highest BCUT2D eigenvalue weighted by Crippen LogP contribution is 2.48. The predicted octanol–water partition coefficient (Wildman–Crippen LogP) is 7.80. The Morgan fingerprint density at radius 1 is 1.06 bits per heavy atom. The second-order valence-corrected chi connectivity index (χ2v) is 18.1. The summed E-state index contributed by atoms with van der Waals surface area (Å²) in [4.78, 5) is 35.2. The van der Waals surface area contributed by atoms with E-state index >= 15 is 0 Å². The van der Waals surface area contributed by atoms with Crippen LogP contribution in [-0.4, -0.2) is 76.9 Å². The Morgan fingerprint density at radius 2 is 1.83 bits per heavy atom. The Bertz CT molecular complexity index is 2270. The molecule has 2 aromatic heterocycles. The Hall–Kier alpha value is -4.42. The van der Waals surface area contributed by atoms with Gasteiger partial charge in [-0.05, 0) is 106 Å². The fourth-order valence-electron chi connectivity index (χ4n) is 8.66. The van der Waals surface area contributed by atoms with Gasteiger partial charge in [-0.15, -0.1) is 0 Å². The number of carbonyl (C=O) groups is 2. The molecule has 3 fully saturated rings. The van der Waals surface area contributed by atoms with Gasteiger partial charge in [-0.25, -0.2) is 18.1 Å². The molecule has 2 aliphatic heterocycles. The second-order valence-electron chi connectivity index (χ2n) is 15.8. The van der Waals surface area contributed by atoms with Crippen molar-refractivity contribution < 1.29 is 28.9 Å². The van der Waals surface area contributed by atoms with Gasteiger partial charge in [0.2, 0.25) is 10.0 Å². The van der Waals surface area contributed by atoms with E-state index in [-0.39, 0.29) is 31.1 Å². The normalized spacial score (nSPS) is 20.7. The summed E-state index contributed by atoms with van der Waals surface area (Å²) in [6.07, 6.45) is 12.3. The topological polar surface area (TPSA) is 125 Å². The molecule has 2 amide bonds. The molecule has 2 aliphatic carbocycles. The van der Waals surface area contributed by atoms with Gasteiger partial charge >= 0.3 is 0 Å². The summed E-state index contributed by atoms with van der Waals surface area (Å²) in [5.41, 5.74) is 7.58. The third kappa shape index (κ3) is 6.65. The highest BCUT2D eigenvalue weighted by Gasteiger charge is 2.37. The first-order chi connectivity index (χ1) is 26.0. The van der Waals surface area contributed by atoms with E-state index in [1.165, 1.54) is 12.0 Å². The summed E-state index contributed by atoms with van der Waals surface area (Å²) in [5.74, 6) is 0.350. The Balaban J connectivity index is 0.00000465. The van der Waals surface area contributed by atoms with Gasteiger partial charge in [-0.1, -0.05) is 32.3 Å². The number of carbonyl (C=O) groups excluding carboxylic acids is 2. The lowest BCUT2D eigenvalue weighted by Gasteiger charge is -2.36. The number of hydrogen-bond acceptors (Lipinski definition) is 7. The number of sulfonamides is 1. The quantitative estimate of drug-likeness (QED) is 0.185. The van der Waals surface area contributed by atoms with Crippen molar-refractivity contribution in [1.82, 2.24) is 23.7 Å². The summed E-state index contributed by atoms with van der Waals surface area (Å²) in [5, 5.41) is 0.297. The van der Waals surface area contributed by atoms with E-state index in [0.717, 1.165) is 84.0 Å². The molecule has 54 heavy (non-hydrogen) atoms. The van der Waals surface area contributed by atoms with Gasteiger partial charge in [0.25, 0.3) is 11.8 Å². The third-order valence-electron chi connectivity index (χ3n) is 11.7. The first-order valence-corrected chi connectivity index (χ1v) is 21.1. The third-order valence-corrected chi connectivity index (χ3v) is 13.4. The number of benzene rings is 2. The fourth-order valence-corrected chi connectivity index (χ4v) is 9.27. The standard InChI is InChI=1S/C42H51N5O6S.H2/c1-6-32-23-45(21-26(4)53-32)42(49)40-38(43-24-47(40)31-13-14-31)30-18-29-19-33(52-5)15-17-34(29)39-37(27-10-8-7-9-11-27)35-16-12-28(20-36(35)46(39)22-30)41(48)44-54(50,51)25(2)3;/h12,15-20,24-27,31-32H,6-11,13-14,21-23H2,1-5H3,(H,44,48);1H/t26-,32+;/m1./s1. The molecule has 0 bridgehead atoms. The SMILES string of the molecule is CC[C@H]1CN(C(=O)c2c(C3=Cc4cc(OC)ccc4-c4c(C5CCCCC5)c5ccc(C(=O)NS(=O)(=O)C(C)C)cc5n4C3)ncn2C2CC2)C[C@@H](C)O1.[HH]. The minimum atomic E-state index is -3.84. The molecule has 288 valence electrons. The predicted molar refractivity (Wildman–Crippen MR) is 212 cm³/mol. The van der Waals surface area contributed by atoms with Crippen molar-refractivity contribution in [1.29, 1.82) is 0 Å². The minimum Gasteiger partial charge on any atom is -0.497 e. The molecule has 8 rings (SSSR count). The van der Waals surface area contributed by atoms with Gasteiger partial charge in [0.1, 0.15) is 11.4 Å². The van der Waals surface area contributed by atoms with E-state index in [2.05, 4.69) is 39.0 Å². The minimum absolute atomic E-state index is 0. The second kappa shape index (κ2) is 14.3. The van der Waals surface area contributed by atoms with Crippen LogP contribution >= 0.6 is 0 Å². The number of rotatable bonds is 9. The zero-order valence-corrected chi connectivity index (χ0v) is 32.7. The molecule has 2 atom stereocenters. The van der Waals surface area contributed by atoms with E-state index in [0.29, 0.717) is 36.9 Å². The molecular weight excluding hydrogens is 703 g/mol. The molecular formula is C42H53N5O6S. The average molecular weight is 756 g/mol. The number of hydrogen-bond donors (Lipinski definition) is 1. The number of allylic oxidation sites excluding steroid dienone is 1. The molecule has 0 spiro atoms. The van der Waals surface area contributed by atoms with E-state index < -0.39 is 21.2 Å². The lowest BCUT2D eigenvalue weighted by molar-refractivity contribution is -0.0683. The maximum Gasteiger partial charge on any atom is 0.272 e. The Labute approximate surface area is 319 Å². The van der Waals surface area contributed by atoms with Gasteiger partial charge in [0.05, 0.1) is 48.8 Å². The molecule has 0 unspecified atom stereocenters. The number of nitrogens with zero attached hydrogens (tertiary/aromatic N) is 4. The van der Waals surface area contributed by atoms with Crippen LogP contribution in [0.2, 0.25) is 0 Å². The van der Waals surface area contributed by atoms with Gasteiger partial charge in [0.15, 0.2) is 0 Å². The van der Waals surface area contributed by atoms with Crippen LogP contribution in [0.25, 0.3) is 33.8 Å². The molecule has 12 heteroatoms. The molecule has 11 nitrogen and oxygen atoms in total. The Kier molecular flexibility index (Phi) is 9.71. The van der Waals surface area contributed by atoms with Crippen molar-refractivity contribution in [2.75, 3.05) is 20.2 Å². The summed E-state index contributed by atoms with van der Waals surface area (Å²) in [6, 6.07) is 11.9. The number of aromatic nitrogens is 3. The van der Waals surface area contributed by atoms with Crippen LogP contribution in [0, 0.1) is 0 Å². The number of imidazole rings is 1. The van der Waals surface area contributed by atoms with Crippen molar-refractivity contribution >= 4 is 44.4 Å². The highest BCUT2D eigenvalue weighted by atomic mass is 32.2. The molecule has 4 aliphatic rings. The smallest absolute Gasteiger partial charge is 0.272 e. The van der Waals surface area contributed by atoms with E-state index in [1.807, 2.05) is 36.4 Å². The van der Waals surface area contributed by atoms with E-state index in [9.17, 15) is 18.0 Å². The number of ether oxygens (including phenoxy) is 2. The molecule has 1 saturated heterocycles. The summed E-state index contributed by atoms with van der Waals surface area (Å²) < 4.78 is 44.0. The highest BCUT2D eigenvalue weighted by molar-refractivity contribution is 7.90. The zero-order chi connectivity index (χ0) is 37.9. The number of amides is 2. The van der Waals surface area contributed by atoms with Crippen molar-refractivity contribution in [3.05, 3.63) is 70.8 Å². The first kappa shape index (κ1) is 36.6. The van der Waals surface area contributed by atoms with Crippen LogP contribution in [0.15, 0.2) is 42.7 Å². The van der Waals surface area contributed by atoms with E-state index in [1.54, 1.807) is 27.0 Å². The van der Waals surface area contributed by atoms with Gasteiger partial charge in [0, 0.05) is 48.2 Å².